The summed E-state index contributed by atoms with van der Waals surface area (Å²) in [6.45, 7) is 5.12. The molecule has 1 aromatic heterocycles. The highest BCUT2D eigenvalue weighted by atomic mass is 79.9. The highest BCUT2D eigenvalue weighted by Gasteiger charge is 2.29. The Morgan fingerprint density at radius 2 is 2.50 bits per heavy atom. The maximum absolute atomic E-state index is 5.86. The van der Waals surface area contributed by atoms with Crippen molar-refractivity contribution < 1.29 is 9.15 Å². The molecule has 1 aliphatic rings. The molecule has 1 aliphatic heterocycles. The Morgan fingerprint density at radius 1 is 1.69 bits per heavy atom. The maximum atomic E-state index is 5.86. The van der Waals surface area contributed by atoms with E-state index in [0.29, 0.717) is 12.6 Å². The highest BCUT2D eigenvalue weighted by Crippen LogP contribution is 2.30. The summed E-state index contributed by atoms with van der Waals surface area (Å²) < 4.78 is 11.9. The summed E-state index contributed by atoms with van der Waals surface area (Å²) in [4.78, 5) is 2.34. The van der Waals surface area contributed by atoms with Gasteiger partial charge in [0.2, 0.25) is 0 Å². The lowest BCUT2D eigenvalue weighted by Crippen LogP contribution is -2.47. The number of morpholine rings is 1. The molecule has 0 saturated carbocycles. The van der Waals surface area contributed by atoms with Gasteiger partial charge in [-0.3, -0.25) is 4.90 Å². The Morgan fingerprint density at radius 3 is 3.06 bits per heavy atom. The van der Waals surface area contributed by atoms with Crippen LogP contribution in [0.1, 0.15) is 18.7 Å². The summed E-state index contributed by atoms with van der Waals surface area (Å²) in [6.07, 6.45) is 1.69. The number of hydrogen-bond acceptors (Lipinski definition) is 4. The molecule has 1 aromatic rings. The van der Waals surface area contributed by atoms with Crippen molar-refractivity contribution in [3.8, 4) is 0 Å². The predicted molar refractivity (Wildman–Crippen MR) is 65.2 cm³/mol. The Kier molecular flexibility index (Phi) is 4.02. The minimum absolute atomic E-state index is 0.128. The molecular weight excluding hydrogens is 272 g/mol. The number of nitrogens with zero attached hydrogens (tertiary/aromatic N) is 1. The van der Waals surface area contributed by atoms with Crippen LogP contribution in [-0.4, -0.2) is 37.2 Å². The van der Waals surface area contributed by atoms with E-state index in [1.165, 1.54) is 0 Å². The van der Waals surface area contributed by atoms with Gasteiger partial charge >= 0.3 is 0 Å². The van der Waals surface area contributed by atoms with Gasteiger partial charge in [0.25, 0.3) is 0 Å². The van der Waals surface area contributed by atoms with Gasteiger partial charge in [-0.2, -0.15) is 0 Å². The Balaban J connectivity index is 2.18. The van der Waals surface area contributed by atoms with E-state index in [0.717, 1.165) is 30.0 Å². The van der Waals surface area contributed by atoms with Crippen LogP contribution in [-0.2, 0) is 4.74 Å². The summed E-state index contributed by atoms with van der Waals surface area (Å²) in [5, 5.41) is 0. The molecule has 0 aromatic carbocycles. The first kappa shape index (κ1) is 12.1. The first-order chi connectivity index (χ1) is 7.74. The molecule has 16 heavy (non-hydrogen) atoms. The molecule has 0 spiro atoms. The van der Waals surface area contributed by atoms with Crippen molar-refractivity contribution in [2.75, 3.05) is 26.3 Å². The van der Waals surface area contributed by atoms with E-state index in [4.69, 9.17) is 14.9 Å². The van der Waals surface area contributed by atoms with Gasteiger partial charge in [-0.25, -0.2) is 0 Å². The first-order valence-corrected chi connectivity index (χ1v) is 6.29. The summed E-state index contributed by atoms with van der Waals surface area (Å²) in [6, 6.07) is 2.41. The van der Waals surface area contributed by atoms with Gasteiger partial charge in [0.05, 0.1) is 30.0 Å². The minimum atomic E-state index is 0.128. The van der Waals surface area contributed by atoms with Gasteiger partial charge in [0.1, 0.15) is 5.76 Å². The molecule has 1 saturated heterocycles. The van der Waals surface area contributed by atoms with Crippen molar-refractivity contribution in [3.05, 3.63) is 22.6 Å². The Hall–Kier alpha value is -0.360. The van der Waals surface area contributed by atoms with Crippen LogP contribution < -0.4 is 5.73 Å². The SMILES string of the molecule is CC1COCCN1C(CN)c1occc1Br. The van der Waals surface area contributed by atoms with Crippen molar-refractivity contribution in [2.45, 2.75) is 19.0 Å². The number of hydrogen-bond donors (Lipinski definition) is 1. The van der Waals surface area contributed by atoms with E-state index in [1.54, 1.807) is 6.26 Å². The third-order valence-corrected chi connectivity index (χ3v) is 3.65. The number of ether oxygens (including phenoxy) is 1. The van der Waals surface area contributed by atoms with Gasteiger partial charge < -0.3 is 14.9 Å². The Bertz CT molecular complexity index is 342. The lowest BCUT2D eigenvalue weighted by molar-refractivity contribution is -0.0250. The second-order valence-corrected chi connectivity index (χ2v) is 4.90. The van der Waals surface area contributed by atoms with Crippen molar-refractivity contribution in [2.24, 2.45) is 5.73 Å². The second-order valence-electron chi connectivity index (χ2n) is 4.05. The lowest BCUT2D eigenvalue weighted by Gasteiger charge is -2.38. The van der Waals surface area contributed by atoms with Gasteiger partial charge in [0, 0.05) is 19.1 Å². The fraction of sp³-hybridized carbons (Fsp3) is 0.636. The largest absolute Gasteiger partial charge is 0.466 e. The fourth-order valence-electron chi connectivity index (χ4n) is 2.14. The molecular formula is C11H17BrN2O2. The second kappa shape index (κ2) is 5.31. The molecule has 0 bridgehead atoms. The zero-order valence-corrected chi connectivity index (χ0v) is 10.9. The van der Waals surface area contributed by atoms with Crippen LogP contribution in [0.2, 0.25) is 0 Å². The van der Waals surface area contributed by atoms with Crippen LogP contribution in [0.3, 0.4) is 0 Å². The molecule has 0 amide bonds. The summed E-state index contributed by atoms with van der Waals surface area (Å²) in [5.74, 6) is 0.913. The third kappa shape index (κ3) is 2.32. The molecule has 0 radical (unpaired) electrons. The van der Waals surface area contributed by atoms with Crippen molar-refractivity contribution in [1.29, 1.82) is 0 Å². The summed E-state index contributed by atoms with van der Waals surface area (Å²) in [7, 11) is 0. The zero-order valence-electron chi connectivity index (χ0n) is 9.36. The highest BCUT2D eigenvalue weighted by molar-refractivity contribution is 9.10. The molecule has 2 heterocycles. The average molecular weight is 289 g/mol. The van der Waals surface area contributed by atoms with Crippen LogP contribution in [0, 0.1) is 0 Å². The molecule has 2 N–H and O–H groups in total. The molecule has 4 nitrogen and oxygen atoms in total. The molecule has 90 valence electrons. The lowest BCUT2D eigenvalue weighted by atomic mass is 10.1. The molecule has 2 unspecified atom stereocenters. The smallest absolute Gasteiger partial charge is 0.136 e. The van der Waals surface area contributed by atoms with E-state index in [-0.39, 0.29) is 6.04 Å². The fourth-order valence-corrected chi connectivity index (χ4v) is 2.60. The topological polar surface area (TPSA) is 51.6 Å². The number of halogens is 1. The van der Waals surface area contributed by atoms with E-state index >= 15 is 0 Å². The van der Waals surface area contributed by atoms with E-state index in [1.807, 2.05) is 6.07 Å². The zero-order chi connectivity index (χ0) is 11.5. The predicted octanol–water partition coefficient (Wildman–Crippen LogP) is 1.76. The number of furan rings is 1. The van der Waals surface area contributed by atoms with E-state index < -0.39 is 0 Å². The third-order valence-electron chi connectivity index (χ3n) is 2.99. The van der Waals surface area contributed by atoms with Gasteiger partial charge in [-0.05, 0) is 28.9 Å². The quantitative estimate of drug-likeness (QED) is 0.921. The number of rotatable bonds is 3. The Labute approximate surface area is 104 Å². The molecule has 2 atom stereocenters. The van der Waals surface area contributed by atoms with Gasteiger partial charge in [0.15, 0.2) is 0 Å². The van der Waals surface area contributed by atoms with E-state index in [2.05, 4.69) is 27.8 Å². The minimum Gasteiger partial charge on any atom is -0.466 e. The van der Waals surface area contributed by atoms with Crippen molar-refractivity contribution in [3.63, 3.8) is 0 Å². The van der Waals surface area contributed by atoms with Gasteiger partial charge in [-0.15, -0.1) is 0 Å². The molecule has 1 fully saturated rings. The number of nitrogens with two attached hydrogens (primary N) is 1. The van der Waals surface area contributed by atoms with Crippen LogP contribution in [0.15, 0.2) is 21.2 Å². The van der Waals surface area contributed by atoms with Crippen LogP contribution in [0.25, 0.3) is 0 Å². The summed E-state index contributed by atoms with van der Waals surface area (Å²) >= 11 is 3.49. The normalized spacial score (nSPS) is 24.6. The summed E-state index contributed by atoms with van der Waals surface area (Å²) in [5.41, 5.74) is 5.86. The maximum Gasteiger partial charge on any atom is 0.136 e. The van der Waals surface area contributed by atoms with E-state index in [9.17, 15) is 0 Å². The van der Waals surface area contributed by atoms with Crippen molar-refractivity contribution in [1.82, 2.24) is 4.90 Å². The molecule has 2 rings (SSSR count). The van der Waals surface area contributed by atoms with Crippen LogP contribution in [0.4, 0.5) is 0 Å². The first-order valence-electron chi connectivity index (χ1n) is 5.50. The monoisotopic (exact) mass is 288 g/mol. The van der Waals surface area contributed by atoms with Crippen molar-refractivity contribution >= 4 is 15.9 Å². The molecule has 5 heteroatoms. The van der Waals surface area contributed by atoms with Crippen LogP contribution in [0.5, 0.6) is 0 Å². The van der Waals surface area contributed by atoms with Crippen LogP contribution >= 0.6 is 15.9 Å². The standard InChI is InChI=1S/C11H17BrN2O2/c1-8-7-15-5-3-14(8)10(6-13)11-9(12)2-4-16-11/h2,4,8,10H,3,5-7,13H2,1H3. The van der Waals surface area contributed by atoms with Gasteiger partial charge in [-0.1, -0.05) is 0 Å². The molecule has 0 aliphatic carbocycles. The average Bonchev–Trinajstić information content (AvgIpc) is 2.69.